The van der Waals surface area contributed by atoms with Crippen LogP contribution in [0.2, 0.25) is 0 Å². The lowest BCUT2D eigenvalue weighted by atomic mass is 9.76. The Labute approximate surface area is 106 Å². The van der Waals surface area contributed by atoms with E-state index in [4.69, 9.17) is 0 Å². The van der Waals surface area contributed by atoms with Gasteiger partial charge in [-0.1, -0.05) is 32.6 Å². The van der Waals surface area contributed by atoms with E-state index in [1.165, 1.54) is 44.9 Å². The molecule has 2 rings (SSSR count). The summed E-state index contributed by atoms with van der Waals surface area (Å²) in [6.45, 7) is 3.35. The van der Waals surface area contributed by atoms with Crippen LogP contribution < -0.4 is 5.32 Å². The fraction of sp³-hybridized carbons (Fsp3) is 1.00. The number of aliphatic hydroxyl groups is 1. The highest BCUT2D eigenvalue weighted by atomic mass is 16.3. The average molecular weight is 239 g/mol. The molecule has 0 saturated heterocycles. The minimum absolute atomic E-state index is 0.320. The maximum atomic E-state index is 10.6. The first kappa shape index (κ1) is 13.4. The van der Waals surface area contributed by atoms with Gasteiger partial charge in [0.25, 0.3) is 0 Å². The largest absolute Gasteiger partial charge is 0.390 e. The number of rotatable bonds is 5. The van der Waals surface area contributed by atoms with Gasteiger partial charge in [-0.15, -0.1) is 0 Å². The molecule has 0 aromatic rings. The average Bonchev–Trinajstić information content (AvgIpc) is 2.81. The third-order valence-electron chi connectivity index (χ3n) is 4.74. The van der Waals surface area contributed by atoms with Crippen LogP contribution >= 0.6 is 0 Å². The van der Waals surface area contributed by atoms with E-state index in [0.717, 1.165) is 31.7 Å². The molecule has 2 aliphatic carbocycles. The molecular formula is C15H29NO. The van der Waals surface area contributed by atoms with Crippen LogP contribution in [0.5, 0.6) is 0 Å². The molecule has 0 atom stereocenters. The fourth-order valence-corrected chi connectivity index (χ4v) is 3.66. The van der Waals surface area contributed by atoms with E-state index in [9.17, 15) is 5.11 Å². The number of hydrogen-bond acceptors (Lipinski definition) is 2. The first-order valence-corrected chi connectivity index (χ1v) is 7.67. The molecule has 2 fully saturated rings. The molecule has 2 heteroatoms. The van der Waals surface area contributed by atoms with Crippen LogP contribution in [-0.4, -0.2) is 23.3 Å². The summed E-state index contributed by atoms with van der Waals surface area (Å²) in [5.74, 6) is 0.820. The predicted octanol–water partition coefficient (Wildman–Crippen LogP) is 3.24. The smallest absolute Gasteiger partial charge is 0.0651 e. The van der Waals surface area contributed by atoms with Gasteiger partial charge in [-0.2, -0.15) is 0 Å². The van der Waals surface area contributed by atoms with Crippen molar-refractivity contribution in [2.45, 2.75) is 82.8 Å². The third-order valence-corrected chi connectivity index (χ3v) is 4.74. The third kappa shape index (κ3) is 3.96. The molecule has 0 radical (unpaired) electrons. The lowest BCUT2D eigenvalue weighted by Crippen LogP contribution is -2.42. The lowest BCUT2D eigenvalue weighted by Gasteiger charge is -2.38. The highest BCUT2D eigenvalue weighted by molar-refractivity contribution is 4.90. The Morgan fingerprint density at radius 2 is 1.76 bits per heavy atom. The highest BCUT2D eigenvalue weighted by Gasteiger charge is 2.35. The summed E-state index contributed by atoms with van der Waals surface area (Å²) in [6.07, 6.45) is 12.2. The Bertz CT molecular complexity index is 215. The second kappa shape index (κ2) is 6.19. The zero-order chi connectivity index (χ0) is 12.1. The van der Waals surface area contributed by atoms with Crippen molar-refractivity contribution >= 4 is 0 Å². The van der Waals surface area contributed by atoms with Crippen molar-refractivity contribution in [2.75, 3.05) is 6.54 Å². The molecule has 0 heterocycles. The summed E-state index contributed by atoms with van der Waals surface area (Å²) < 4.78 is 0. The van der Waals surface area contributed by atoms with Crippen molar-refractivity contribution < 1.29 is 5.11 Å². The second-order valence-electron chi connectivity index (χ2n) is 6.31. The zero-order valence-corrected chi connectivity index (χ0v) is 11.4. The molecule has 2 saturated carbocycles. The van der Waals surface area contributed by atoms with Gasteiger partial charge in [0.1, 0.15) is 0 Å². The van der Waals surface area contributed by atoms with Gasteiger partial charge in [0.2, 0.25) is 0 Å². The second-order valence-corrected chi connectivity index (χ2v) is 6.31. The first-order valence-electron chi connectivity index (χ1n) is 7.67. The van der Waals surface area contributed by atoms with Crippen molar-refractivity contribution in [3.8, 4) is 0 Å². The zero-order valence-electron chi connectivity index (χ0n) is 11.4. The van der Waals surface area contributed by atoms with E-state index in [1.807, 2.05) is 0 Å². The molecule has 2 aliphatic rings. The molecule has 0 unspecified atom stereocenters. The van der Waals surface area contributed by atoms with Gasteiger partial charge in [-0.05, 0) is 51.0 Å². The van der Waals surface area contributed by atoms with E-state index >= 15 is 0 Å². The molecule has 0 bridgehead atoms. The summed E-state index contributed by atoms with van der Waals surface area (Å²) in [6, 6.07) is 0.666. The summed E-state index contributed by atoms with van der Waals surface area (Å²) in [7, 11) is 0. The van der Waals surface area contributed by atoms with Crippen molar-refractivity contribution in [3.05, 3.63) is 0 Å². The van der Waals surface area contributed by atoms with Crippen LogP contribution in [0.25, 0.3) is 0 Å². The minimum atomic E-state index is -0.320. The van der Waals surface area contributed by atoms with Gasteiger partial charge in [0.15, 0.2) is 0 Å². The predicted molar refractivity (Wildman–Crippen MR) is 72.1 cm³/mol. The van der Waals surface area contributed by atoms with E-state index in [1.54, 1.807) is 0 Å². The summed E-state index contributed by atoms with van der Waals surface area (Å²) in [4.78, 5) is 0. The van der Waals surface area contributed by atoms with E-state index in [0.29, 0.717) is 6.04 Å². The van der Waals surface area contributed by atoms with E-state index < -0.39 is 0 Å². The van der Waals surface area contributed by atoms with Gasteiger partial charge in [0.05, 0.1) is 5.60 Å². The molecule has 0 amide bonds. The Balaban J connectivity index is 1.72. The van der Waals surface area contributed by atoms with Gasteiger partial charge in [0, 0.05) is 6.04 Å². The molecule has 17 heavy (non-hydrogen) atoms. The summed E-state index contributed by atoms with van der Waals surface area (Å²) in [5, 5.41) is 14.2. The van der Waals surface area contributed by atoms with Gasteiger partial charge >= 0.3 is 0 Å². The van der Waals surface area contributed by atoms with Crippen LogP contribution in [0.15, 0.2) is 0 Å². The molecule has 0 spiro atoms. The highest BCUT2D eigenvalue weighted by Crippen LogP contribution is 2.38. The quantitative estimate of drug-likeness (QED) is 0.772. The number of nitrogens with one attached hydrogen (secondary N) is 1. The lowest BCUT2D eigenvalue weighted by molar-refractivity contribution is -0.0234. The van der Waals surface area contributed by atoms with Crippen LogP contribution in [0.1, 0.15) is 71.1 Å². The standard InChI is InChI=1S/C15H29NO/c1-2-11-16-14-7-9-15(17,10-8-14)12-13-5-3-4-6-13/h13-14,16-17H,2-12H2,1H3. The van der Waals surface area contributed by atoms with Crippen molar-refractivity contribution in [1.82, 2.24) is 5.32 Å². The normalized spacial score (nSPS) is 35.3. The summed E-state index contributed by atoms with van der Waals surface area (Å²) >= 11 is 0. The molecule has 0 aromatic heterocycles. The Kier molecular flexibility index (Phi) is 4.87. The maximum absolute atomic E-state index is 10.6. The topological polar surface area (TPSA) is 32.3 Å². The first-order chi connectivity index (χ1) is 8.22. The fourth-order valence-electron chi connectivity index (χ4n) is 3.66. The molecule has 2 N–H and O–H groups in total. The van der Waals surface area contributed by atoms with Crippen LogP contribution in [0.4, 0.5) is 0 Å². The van der Waals surface area contributed by atoms with Crippen LogP contribution in [0, 0.1) is 5.92 Å². The van der Waals surface area contributed by atoms with Crippen molar-refractivity contribution in [2.24, 2.45) is 5.92 Å². The molecule has 100 valence electrons. The maximum Gasteiger partial charge on any atom is 0.0651 e. The van der Waals surface area contributed by atoms with Crippen LogP contribution in [0.3, 0.4) is 0 Å². The minimum Gasteiger partial charge on any atom is -0.390 e. The number of hydrogen-bond donors (Lipinski definition) is 2. The SMILES string of the molecule is CCCNC1CCC(O)(CC2CCCC2)CC1. The summed E-state index contributed by atoms with van der Waals surface area (Å²) in [5.41, 5.74) is -0.320. The van der Waals surface area contributed by atoms with Crippen molar-refractivity contribution in [3.63, 3.8) is 0 Å². The Morgan fingerprint density at radius 1 is 1.12 bits per heavy atom. The van der Waals surface area contributed by atoms with E-state index in [2.05, 4.69) is 12.2 Å². The molecule has 2 nitrogen and oxygen atoms in total. The monoisotopic (exact) mass is 239 g/mol. The molecular weight excluding hydrogens is 210 g/mol. The van der Waals surface area contributed by atoms with Gasteiger partial charge in [-0.3, -0.25) is 0 Å². The molecule has 0 aromatic carbocycles. The van der Waals surface area contributed by atoms with Crippen LogP contribution in [-0.2, 0) is 0 Å². The molecule has 0 aliphatic heterocycles. The van der Waals surface area contributed by atoms with Gasteiger partial charge in [-0.25, -0.2) is 0 Å². The van der Waals surface area contributed by atoms with Gasteiger partial charge < -0.3 is 10.4 Å². The van der Waals surface area contributed by atoms with Crippen molar-refractivity contribution in [1.29, 1.82) is 0 Å². The Morgan fingerprint density at radius 3 is 2.35 bits per heavy atom. The van der Waals surface area contributed by atoms with E-state index in [-0.39, 0.29) is 5.60 Å². The Hall–Kier alpha value is -0.0800.